The summed E-state index contributed by atoms with van der Waals surface area (Å²) in [5.41, 5.74) is -0.591. The van der Waals surface area contributed by atoms with Crippen molar-refractivity contribution in [3.8, 4) is 0 Å². The standard InChI is InChI=1S/C10H8ClF3O/c1-6(11)9(15)7-2-4-8(5-3-7)10(12,13)14/h2-6H,1H3. The van der Waals surface area contributed by atoms with Crippen molar-refractivity contribution in [1.29, 1.82) is 0 Å². The van der Waals surface area contributed by atoms with Gasteiger partial charge in [0.25, 0.3) is 0 Å². The molecule has 1 aromatic rings. The van der Waals surface area contributed by atoms with Crippen molar-refractivity contribution in [1.82, 2.24) is 0 Å². The Morgan fingerprint density at radius 1 is 1.27 bits per heavy atom. The summed E-state index contributed by atoms with van der Waals surface area (Å²) in [7, 11) is 0. The molecule has 1 rings (SSSR count). The van der Waals surface area contributed by atoms with Gasteiger partial charge in [0.1, 0.15) is 0 Å². The van der Waals surface area contributed by atoms with Crippen LogP contribution >= 0.6 is 11.6 Å². The van der Waals surface area contributed by atoms with Gasteiger partial charge in [-0.1, -0.05) is 12.1 Å². The molecular weight excluding hydrogens is 229 g/mol. The van der Waals surface area contributed by atoms with Gasteiger partial charge in [-0.3, -0.25) is 4.79 Å². The van der Waals surface area contributed by atoms with Crippen LogP contribution < -0.4 is 0 Å². The Labute approximate surface area is 89.9 Å². The molecule has 0 spiro atoms. The zero-order valence-corrected chi connectivity index (χ0v) is 8.56. The number of carbonyl (C=O) groups is 1. The smallest absolute Gasteiger partial charge is 0.293 e. The van der Waals surface area contributed by atoms with Crippen LogP contribution in [-0.2, 0) is 6.18 Å². The van der Waals surface area contributed by atoms with Crippen molar-refractivity contribution in [3.05, 3.63) is 35.4 Å². The first-order valence-electron chi connectivity index (χ1n) is 4.18. The molecule has 0 aliphatic rings. The molecule has 0 saturated heterocycles. The van der Waals surface area contributed by atoms with Crippen LogP contribution in [0.15, 0.2) is 24.3 Å². The van der Waals surface area contributed by atoms with Crippen molar-refractivity contribution in [2.45, 2.75) is 18.5 Å². The largest absolute Gasteiger partial charge is 0.416 e. The highest BCUT2D eigenvalue weighted by Gasteiger charge is 2.30. The van der Waals surface area contributed by atoms with E-state index >= 15 is 0 Å². The number of ketones is 1. The fraction of sp³-hybridized carbons (Fsp3) is 0.300. The number of halogens is 4. The fourth-order valence-corrected chi connectivity index (χ4v) is 1.18. The van der Waals surface area contributed by atoms with Gasteiger partial charge in [0.15, 0.2) is 5.78 Å². The van der Waals surface area contributed by atoms with Crippen LogP contribution in [0, 0.1) is 0 Å². The second-order valence-electron chi connectivity index (χ2n) is 3.06. The lowest BCUT2D eigenvalue weighted by Gasteiger charge is -2.07. The van der Waals surface area contributed by atoms with Crippen LogP contribution in [0.1, 0.15) is 22.8 Å². The van der Waals surface area contributed by atoms with E-state index in [2.05, 4.69) is 0 Å². The third-order valence-corrected chi connectivity index (χ3v) is 2.06. The number of carbonyl (C=O) groups excluding carboxylic acids is 1. The normalized spacial score (nSPS) is 13.7. The molecule has 0 heterocycles. The maximum absolute atomic E-state index is 12.2. The first-order chi connectivity index (χ1) is 6.82. The van der Waals surface area contributed by atoms with Crippen LogP contribution in [0.2, 0.25) is 0 Å². The Morgan fingerprint density at radius 3 is 2.07 bits per heavy atom. The molecule has 0 fully saturated rings. The molecule has 0 aliphatic carbocycles. The van der Waals surface area contributed by atoms with Gasteiger partial charge < -0.3 is 0 Å². The van der Waals surface area contributed by atoms with Gasteiger partial charge in [-0.25, -0.2) is 0 Å². The zero-order valence-electron chi connectivity index (χ0n) is 7.81. The molecule has 0 bridgehead atoms. The number of Topliss-reactive ketones (excluding diaryl/α,β-unsaturated/α-hetero) is 1. The number of alkyl halides is 4. The lowest BCUT2D eigenvalue weighted by molar-refractivity contribution is -0.137. The first-order valence-corrected chi connectivity index (χ1v) is 4.61. The molecule has 1 nitrogen and oxygen atoms in total. The van der Waals surface area contributed by atoms with E-state index in [-0.39, 0.29) is 11.3 Å². The average molecular weight is 237 g/mol. The lowest BCUT2D eigenvalue weighted by atomic mass is 10.1. The second-order valence-corrected chi connectivity index (χ2v) is 3.71. The Kier molecular flexibility index (Phi) is 3.39. The molecule has 0 saturated carbocycles. The number of hydrogen-bond donors (Lipinski definition) is 0. The van der Waals surface area contributed by atoms with E-state index in [1.165, 1.54) is 6.92 Å². The Hall–Kier alpha value is -1.03. The highest BCUT2D eigenvalue weighted by molar-refractivity contribution is 6.33. The molecule has 1 aromatic carbocycles. The van der Waals surface area contributed by atoms with Crippen LogP contribution in [0.3, 0.4) is 0 Å². The minimum Gasteiger partial charge on any atom is -0.293 e. The van der Waals surface area contributed by atoms with Gasteiger partial charge in [-0.15, -0.1) is 11.6 Å². The molecule has 15 heavy (non-hydrogen) atoms. The van der Waals surface area contributed by atoms with E-state index in [1.54, 1.807) is 0 Å². The van der Waals surface area contributed by atoms with Crippen LogP contribution in [-0.4, -0.2) is 11.2 Å². The van der Waals surface area contributed by atoms with Crippen LogP contribution in [0.4, 0.5) is 13.2 Å². The number of rotatable bonds is 2. The molecule has 5 heteroatoms. The highest BCUT2D eigenvalue weighted by atomic mass is 35.5. The molecule has 1 atom stereocenters. The minimum absolute atomic E-state index is 0.186. The maximum Gasteiger partial charge on any atom is 0.416 e. The number of benzene rings is 1. The third-order valence-electron chi connectivity index (χ3n) is 1.86. The fourth-order valence-electron chi connectivity index (χ4n) is 1.05. The van der Waals surface area contributed by atoms with E-state index in [1.807, 2.05) is 0 Å². The molecular formula is C10H8ClF3O. The summed E-state index contributed by atoms with van der Waals surface area (Å²) < 4.78 is 36.5. The highest BCUT2D eigenvalue weighted by Crippen LogP contribution is 2.29. The Balaban J connectivity index is 2.96. The van der Waals surface area contributed by atoms with Crippen molar-refractivity contribution in [2.75, 3.05) is 0 Å². The van der Waals surface area contributed by atoms with Gasteiger partial charge >= 0.3 is 6.18 Å². The molecule has 0 aromatic heterocycles. The minimum atomic E-state index is -4.38. The van der Waals surface area contributed by atoms with E-state index in [4.69, 9.17) is 11.6 Å². The summed E-state index contributed by atoms with van der Waals surface area (Å²) in [5, 5.41) is -0.735. The van der Waals surface area contributed by atoms with Crippen molar-refractivity contribution in [2.24, 2.45) is 0 Å². The first kappa shape index (κ1) is 12.0. The summed E-state index contributed by atoms with van der Waals surface area (Å²) in [6.07, 6.45) is -4.38. The van der Waals surface area contributed by atoms with E-state index in [0.717, 1.165) is 24.3 Å². The summed E-state index contributed by atoms with van der Waals surface area (Å²) in [4.78, 5) is 11.3. The third kappa shape index (κ3) is 2.96. The van der Waals surface area contributed by atoms with E-state index in [9.17, 15) is 18.0 Å². The molecule has 0 radical (unpaired) electrons. The van der Waals surface area contributed by atoms with E-state index < -0.39 is 17.1 Å². The monoisotopic (exact) mass is 236 g/mol. The predicted molar refractivity (Wildman–Crippen MR) is 51.1 cm³/mol. The summed E-state index contributed by atoms with van der Waals surface area (Å²) >= 11 is 5.52. The second kappa shape index (κ2) is 4.23. The molecule has 0 N–H and O–H groups in total. The van der Waals surface area contributed by atoms with Gasteiger partial charge in [0, 0.05) is 5.56 Å². The van der Waals surface area contributed by atoms with Gasteiger partial charge in [0.05, 0.1) is 10.9 Å². The molecule has 82 valence electrons. The van der Waals surface area contributed by atoms with Gasteiger partial charge in [-0.05, 0) is 19.1 Å². The molecule has 0 amide bonds. The molecule has 1 unspecified atom stereocenters. The summed E-state index contributed by atoms with van der Waals surface area (Å²) in [6, 6.07) is 3.99. The topological polar surface area (TPSA) is 17.1 Å². The zero-order chi connectivity index (χ0) is 11.6. The van der Waals surface area contributed by atoms with Crippen molar-refractivity contribution >= 4 is 17.4 Å². The Bertz CT molecular complexity index is 354. The van der Waals surface area contributed by atoms with Gasteiger partial charge in [0.2, 0.25) is 0 Å². The maximum atomic E-state index is 12.2. The van der Waals surface area contributed by atoms with Crippen LogP contribution in [0.25, 0.3) is 0 Å². The average Bonchev–Trinajstić information content (AvgIpc) is 2.15. The number of hydrogen-bond acceptors (Lipinski definition) is 1. The van der Waals surface area contributed by atoms with Crippen molar-refractivity contribution in [3.63, 3.8) is 0 Å². The Morgan fingerprint density at radius 2 is 1.73 bits per heavy atom. The van der Waals surface area contributed by atoms with Crippen molar-refractivity contribution < 1.29 is 18.0 Å². The lowest BCUT2D eigenvalue weighted by Crippen LogP contribution is -2.11. The summed E-state index contributed by atoms with van der Waals surface area (Å²) in [6.45, 7) is 1.47. The molecule has 0 aliphatic heterocycles. The quantitative estimate of drug-likeness (QED) is 0.567. The van der Waals surface area contributed by atoms with Gasteiger partial charge in [-0.2, -0.15) is 13.2 Å². The van der Waals surface area contributed by atoms with E-state index in [0.29, 0.717) is 0 Å². The SMILES string of the molecule is CC(Cl)C(=O)c1ccc(C(F)(F)F)cc1. The summed E-state index contributed by atoms with van der Waals surface area (Å²) in [5.74, 6) is -0.384. The van der Waals surface area contributed by atoms with Crippen LogP contribution in [0.5, 0.6) is 0 Å². The predicted octanol–water partition coefficient (Wildman–Crippen LogP) is 3.52.